The lowest BCUT2D eigenvalue weighted by molar-refractivity contribution is 0.552. The van der Waals surface area contributed by atoms with Gasteiger partial charge in [0.2, 0.25) is 5.71 Å². The van der Waals surface area contributed by atoms with Crippen molar-refractivity contribution < 1.29 is 13.2 Å². The second kappa shape index (κ2) is 7.46. The van der Waals surface area contributed by atoms with Crippen LogP contribution in [0.15, 0.2) is 56.7 Å². The van der Waals surface area contributed by atoms with Crippen LogP contribution in [0.25, 0.3) is 32.9 Å². The maximum atomic E-state index is 14.9. The minimum atomic E-state index is -0.639. The van der Waals surface area contributed by atoms with Crippen molar-refractivity contribution in [3.8, 4) is 6.07 Å². The average Bonchev–Trinajstić information content (AvgIpc) is 3.09. The number of hydrogen-bond donors (Lipinski definition) is 0. The van der Waals surface area contributed by atoms with E-state index >= 15 is 0 Å². The quantitative estimate of drug-likeness (QED) is 0.340. The molecule has 2 aromatic carbocycles. The predicted octanol–water partition coefficient (Wildman–Crippen LogP) is 5.52. The molecule has 0 radical (unpaired) electrons. The van der Waals surface area contributed by atoms with Crippen LogP contribution in [0, 0.1) is 29.9 Å². The largest absolute Gasteiger partial charge is 0.402 e. The monoisotopic (exact) mass is 447 g/mol. The lowest BCUT2D eigenvalue weighted by atomic mass is 10.1. The number of pyridine rings is 1. The van der Waals surface area contributed by atoms with E-state index < -0.39 is 17.3 Å². The summed E-state index contributed by atoms with van der Waals surface area (Å²) in [5.74, 6) is -1.01. The number of nitriles is 1. The van der Waals surface area contributed by atoms with E-state index in [1.807, 2.05) is 6.07 Å². The highest BCUT2D eigenvalue weighted by Crippen LogP contribution is 2.35. The first-order valence-electron chi connectivity index (χ1n) is 9.69. The summed E-state index contributed by atoms with van der Waals surface area (Å²) in [6, 6.07) is 11.3. The van der Waals surface area contributed by atoms with E-state index in [9.17, 15) is 18.8 Å². The molecule has 5 rings (SSSR count). The fourth-order valence-corrected chi connectivity index (χ4v) is 4.65. The highest BCUT2D eigenvalue weighted by atomic mass is 32.2. The van der Waals surface area contributed by atoms with Gasteiger partial charge >= 0.3 is 5.63 Å². The molecule has 0 aliphatic carbocycles. The second-order valence-electron chi connectivity index (χ2n) is 7.43. The Morgan fingerprint density at radius 3 is 2.75 bits per heavy atom. The second-order valence-corrected chi connectivity index (χ2v) is 8.28. The van der Waals surface area contributed by atoms with Gasteiger partial charge in [0.05, 0.1) is 17.6 Å². The number of benzene rings is 2. The average molecular weight is 447 g/mol. The van der Waals surface area contributed by atoms with E-state index in [-0.39, 0.29) is 28.9 Å². The molecule has 0 atom stereocenters. The van der Waals surface area contributed by atoms with Crippen molar-refractivity contribution in [3.63, 3.8) is 0 Å². The van der Waals surface area contributed by atoms with Gasteiger partial charge in [-0.25, -0.2) is 18.6 Å². The molecule has 3 heterocycles. The van der Waals surface area contributed by atoms with Crippen LogP contribution in [0.4, 0.5) is 8.78 Å². The summed E-state index contributed by atoms with van der Waals surface area (Å²) in [5.41, 5.74) is 1.13. The Kier molecular flexibility index (Phi) is 4.72. The highest BCUT2D eigenvalue weighted by molar-refractivity contribution is 7.98. The zero-order chi connectivity index (χ0) is 22.6. The zero-order valence-corrected chi connectivity index (χ0v) is 17.9. The van der Waals surface area contributed by atoms with Gasteiger partial charge in [0.1, 0.15) is 23.2 Å². The normalized spacial score (nSPS) is 11.5. The number of hydrogen-bond acceptors (Lipinski definition) is 5. The van der Waals surface area contributed by atoms with Gasteiger partial charge in [0.15, 0.2) is 0 Å². The predicted molar refractivity (Wildman–Crippen MR) is 120 cm³/mol. The van der Waals surface area contributed by atoms with Crippen molar-refractivity contribution in [1.82, 2.24) is 9.55 Å². The zero-order valence-electron chi connectivity index (χ0n) is 17.1. The molecule has 0 aliphatic rings. The van der Waals surface area contributed by atoms with Crippen molar-refractivity contribution in [3.05, 3.63) is 81.3 Å². The summed E-state index contributed by atoms with van der Waals surface area (Å²) in [4.78, 5) is 17.8. The van der Waals surface area contributed by atoms with E-state index in [1.54, 1.807) is 42.0 Å². The maximum Gasteiger partial charge on any atom is 0.362 e. The van der Waals surface area contributed by atoms with Gasteiger partial charge in [-0.3, -0.25) is 0 Å². The van der Waals surface area contributed by atoms with Crippen LogP contribution >= 0.6 is 11.8 Å². The number of aryl methyl sites for hydroxylation is 1. The van der Waals surface area contributed by atoms with E-state index in [2.05, 4.69) is 4.98 Å². The van der Waals surface area contributed by atoms with Gasteiger partial charge in [0.25, 0.3) is 0 Å². The third-order valence-corrected chi connectivity index (χ3v) is 6.36. The fourth-order valence-electron chi connectivity index (χ4n) is 4.07. The van der Waals surface area contributed by atoms with Crippen LogP contribution in [0.2, 0.25) is 0 Å². The van der Waals surface area contributed by atoms with Crippen LogP contribution in [0.5, 0.6) is 0 Å². The Bertz CT molecular complexity index is 1660. The van der Waals surface area contributed by atoms with E-state index in [1.165, 1.54) is 30.1 Å². The van der Waals surface area contributed by atoms with E-state index in [0.717, 1.165) is 0 Å². The lowest BCUT2D eigenvalue weighted by Gasteiger charge is -2.11. The molecule has 0 saturated heterocycles. The molecule has 5 aromatic rings. The molecule has 8 heteroatoms. The molecule has 0 spiro atoms. The summed E-state index contributed by atoms with van der Waals surface area (Å²) in [6.07, 6.45) is 3.32. The lowest BCUT2D eigenvalue weighted by Crippen LogP contribution is -2.10. The molecule has 5 nitrogen and oxygen atoms in total. The molecule has 0 aliphatic heterocycles. The highest BCUT2D eigenvalue weighted by Gasteiger charge is 2.21. The third kappa shape index (κ3) is 2.97. The molecule has 0 saturated carbocycles. The van der Waals surface area contributed by atoms with Crippen LogP contribution < -0.4 is 5.63 Å². The number of halogens is 2. The molecule has 0 unspecified atom stereocenters. The number of thioether (sulfide) groups is 1. The van der Waals surface area contributed by atoms with E-state index in [4.69, 9.17) is 4.42 Å². The fraction of sp³-hybridized carbons (Fsp3) is 0.125. The topological polar surface area (TPSA) is 71.8 Å². The molecule has 3 aromatic heterocycles. The van der Waals surface area contributed by atoms with Crippen LogP contribution in [0.3, 0.4) is 0 Å². The molecule has 0 fully saturated rings. The van der Waals surface area contributed by atoms with Crippen molar-refractivity contribution in [1.29, 1.82) is 5.26 Å². The van der Waals surface area contributed by atoms with Crippen molar-refractivity contribution in [2.45, 2.75) is 18.4 Å². The summed E-state index contributed by atoms with van der Waals surface area (Å²) in [7, 11) is 0. The van der Waals surface area contributed by atoms with Gasteiger partial charge in [-0.2, -0.15) is 5.26 Å². The number of rotatable bonds is 3. The summed E-state index contributed by atoms with van der Waals surface area (Å²) in [5, 5.41) is 11.1. The first kappa shape index (κ1) is 20.2. The maximum absolute atomic E-state index is 14.9. The first-order valence-corrected chi connectivity index (χ1v) is 10.9. The standard InChI is InChI=1S/C24H15F2N3O2S/c1-12-6-16-19(9-17(12)25)29(11-14-8-20(32-2)13(10-27)7-18(14)26)22-21(16)15-4-3-5-28-23(15)31-24(22)30/h3-9H,11H2,1-2H3. The number of aromatic nitrogens is 2. The summed E-state index contributed by atoms with van der Waals surface area (Å²) in [6.45, 7) is 1.61. The van der Waals surface area contributed by atoms with Gasteiger partial charge in [-0.1, -0.05) is 0 Å². The van der Waals surface area contributed by atoms with Gasteiger partial charge in [0, 0.05) is 32.8 Å². The van der Waals surface area contributed by atoms with Gasteiger partial charge in [-0.15, -0.1) is 11.8 Å². The number of fused-ring (bicyclic) bond motifs is 5. The van der Waals surface area contributed by atoms with E-state index in [0.29, 0.717) is 32.1 Å². The Morgan fingerprint density at radius 1 is 1.19 bits per heavy atom. The number of nitrogens with zero attached hydrogens (tertiary/aromatic N) is 3. The first-order chi connectivity index (χ1) is 15.4. The minimum absolute atomic E-state index is 0.0376. The van der Waals surface area contributed by atoms with Crippen molar-refractivity contribution in [2.75, 3.05) is 6.26 Å². The van der Waals surface area contributed by atoms with Crippen molar-refractivity contribution >= 4 is 44.7 Å². The molecular formula is C24H15F2N3O2S. The Labute approximate surface area is 184 Å². The molecule has 0 amide bonds. The van der Waals surface area contributed by atoms with Crippen LogP contribution in [0.1, 0.15) is 16.7 Å². The van der Waals surface area contributed by atoms with Gasteiger partial charge in [-0.05, 0) is 55.1 Å². The van der Waals surface area contributed by atoms with Gasteiger partial charge < -0.3 is 8.98 Å². The minimum Gasteiger partial charge on any atom is -0.402 e. The molecule has 0 N–H and O–H groups in total. The summed E-state index contributed by atoms with van der Waals surface area (Å²) < 4.78 is 36.5. The molecule has 32 heavy (non-hydrogen) atoms. The van der Waals surface area contributed by atoms with Crippen molar-refractivity contribution in [2.24, 2.45) is 0 Å². The van der Waals surface area contributed by atoms with Crippen LogP contribution in [-0.2, 0) is 6.54 Å². The Morgan fingerprint density at radius 2 is 2.00 bits per heavy atom. The molecular weight excluding hydrogens is 432 g/mol. The SMILES string of the molecule is CSc1cc(Cn2c3cc(F)c(C)cc3c3c4cccnc4oc(=O)c32)c(F)cc1C#N. The smallest absolute Gasteiger partial charge is 0.362 e. The third-order valence-electron chi connectivity index (χ3n) is 5.58. The summed E-state index contributed by atoms with van der Waals surface area (Å²) >= 11 is 1.33. The Hall–Kier alpha value is -3.70. The Balaban J connectivity index is 1.89. The molecule has 0 bridgehead atoms. The van der Waals surface area contributed by atoms with Crippen LogP contribution in [-0.4, -0.2) is 15.8 Å². The molecule has 158 valence electrons.